The molecule has 0 spiro atoms. The largest absolute Gasteiger partial charge is 0.463 e. The van der Waals surface area contributed by atoms with E-state index >= 15 is 0 Å². The SMILES string of the molecule is Cc1ccccc1N=C1OCCN1CCN1C(=O)c2cccc3c(N4CCCCC4)ccc(c23)C1=O. The summed E-state index contributed by atoms with van der Waals surface area (Å²) < 4.78 is 5.77. The molecule has 0 saturated carbocycles. The first kappa shape index (κ1) is 22.6. The van der Waals surface area contributed by atoms with E-state index in [4.69, 9.17) is 4.74 Å². The minimum atomic E-state index is -0.230. The van der Waals surface area contributed by atoms with Crippen molar-refractivity contribution < 1.29 is 14.3 Å². The van der Waals surface area contributed by atoms with Crippen LogP contribution in [0, 0.1) is 6.92 Å². The van der Waals surface area contributed by atoms with Crippen LogP contribution in [0.15, 0.2) is 59.6 Å². The van der Waals surface area contributed by atoms with Gasteiger partial charge in [0.15, 0.2) is 0 Å². The van der Waals surface area contributed by atoms with Crippen molar-refractivity contribution in [1.29, 1.82) is 0 Å². The number of amides is 2. The number of nitrogens with zero attached hydrogens (tertiary/aromatic N) is 4. The maximum Gasteiger partial charge on any atom is 0.292 e. The fourth-order valence-electron chi connectivity index (χ4n) is 5.50. The van der Waals surface area contributed by atoms with Gasteiger partial charge in [-0.25, -0.2) is 0 Å². The third-order valence-electron chi connectivity index (χ3n) is 7.45. The van der Waals surface area contributed by atoms with Gasteiger partial charge in [-0.1, -0.05) is 30.3 Å². The zero-order chi connectivity index (χ0) is 24.6. The predicted octanol–water partition coefficient (Wildman–Crippen LogP) is 4.75. The lowest BCUT2D eigenvalue weighted by Gasteiger charge is -2.33. The summed E-state index contributed by atoms with van der Waals surface area (Å²) >= 11 is 0. The molecule has 0 unspecified atom stereocenters. The van der Waals surface area contributed by atoms with Gasteiger partial charge < -0.3 is 14.5 Å². The summed E-state index contributed by atoms with van der Waals surface area (Å²) in [6.45, 7) is 5.99. The number of rotatable bonds is 5. The van der Waals surface area contributed by atoms with Gasteiger partial charge >= 0.3 is 0 Å². The monoisotopic (exact) mass is 482 g/mol. The first-order chi connectivity index (χ1) is 17.6. The number of aryl methyl sites for hydroxylation is 1. The first-order valence-electron chi connectivity index (χ1n) is 12.8. The summed E-state index contributed by atoms with van der Waals surface area (Å²) in [7, 11) is 0. The molecule has 0 radical (unpaired) electrons. The molecular weight excluding hydrogens is 452 g/mol. The van der Waals surface area contributed by atoms with Crippen molar-refractivity contribution in [2.24, 2.45) is 4.99 Å². The molecule has 2 saturated heterocycles. The second-order valence-corrected chi connectivity index (χ2v) is 9.69. The van der Waals surface area contributed by atoms with Gasteiger partial charge in [-0.2, -0.15) is 4.99 Å². The molecular formula is C29H30N4O3. The van der Waals surface area contributed by atoms with E-state index in [2.05, 4.69) is 16.0 Å². The standard InChI is InChI=1S/C29H30N4O3/c1-20-8-3-4-11-24(20)30-29-32(18-19-36-29)16-17-33-27(34)22-10-7-9-21-25(31-14-5-2-6-15-31)13-12-23(26(21)22)28(33)35/h3-4,7-13H,2,5-6,14-19H2,1H3. The van der Waals surface area contributed by atoms with Gasteiger partial charge in [0.25, 0.3) is 17.8 Å². The average molecular weight is 483 g/mol. The quantitative estimate of drug-likeness (QED) is 0.491. The van der Waals surface area contributed by atoms with E-state index in [0.717, 1.165) is 40.8 Å². The molecule has 184 valence electrons. The Bertz CT molecular complexity index is 1350. The van der Waals surface area contributed by atoms with Gasteiger partial charge in [0.1, 0.15) is 6.61 Å². The molecule has 36 heavy (non-hydrogen) atoms. The molecule has 0 bridgehead atoms. The molecule has 7 nitrogen and oxygen atoms in total. The summed E-state index contributed by atoms with van der Waals surface area (Å²) in [5, 5.41) is 1.78. The smallest absolute Gasteiger partial charge is 0.292 e. The van der Waals surface area contributed by atoms with Crippen LogP contribution in [0.3, 0.4) is 0 Å². The van der Waals surface area contributed by atoms with Gasteiger partial charge in [0.2, 0.25) is 0 Å². The highest BCUT2D eigenvalue weighted by Gasteiger charge is 2.34. The molecule has 7 heteroatoms. The van der Waals surface area contributed by atoms with Crippen molar-refractivity contribution in [3.8, 4) is 0 Å². The zero-order valence-electron chi connectivity index (χ0n) is 20.6. The molecule has 3 aromatic carbocycles. The molecule has 0 aliphatic carbocycles. The Morgan fingerprint density at radius 2 is 1.61 bits per heavy atom. The Kier molecular flexibility index (Phi) is 5.83. The maximum atomic E-state index is 13.5. The summed E-state index contributed by atoms with van der Waals surface area (Å²) in [6, 6.07) is 18.2. The number of carbonyl (C=O) groups excluding carboxylic acids is 2. The number of hydrogen-bond acceptors (Lipinski definition) is 5. The Morgan fingerprint density at radius 3 is 2.42 bits per heavy atom. The molecule has 3 aromatic rings. The topological polar surface area (TPSA) is 65.5 Å². The number of hydrogen-bond donors (Lipinski definition) is 0. The van der Waals surface area contributed by atoms with E-state index in [1.54, 1.807) is 0 Å². The number of benzene rings is 3. The average Bonchev–Trinajstić information content (AvgIpc) is 3.35. The van der Waals surface area contributed by atoms with E-state index in [1.165, 1.54) is 24.2 Å². The molecule has 3 aliphatic rings. The molecule has 6 rings (SSSR count). The Hall–Kier alpha value is -3.87. The highest BCUT2D eigenvalue weighted by molar-refractivity contribution is 6.26. The highest BCUT2D eigenvalue weighted by atomic mass is 16.5. The normalized spacial score (nSPS) is 18.9. The van der Waals surface area contributed by atoms with Crippen LogP contribution in [0.5, 0.6) is 0 Å². The molecule has 0 aromatic heterocycles. The highest BCUT2D eigenvalue weighted by Crippen LogP contribution is 2.37. The van der Waals surface area contributed by atoms with E-state index in [0.29, 0.717) is 36.8 Å². The van der Waals surface area contributed by atoms with E-state index in [1.807, 2.05) is 60.4 Å². The summed E-state index contributed by atoms with van der Waals surface area (Å²) in [5.74, 6) is -0.460. The minimum Gasteiger partial charge on any atom is -0.463 e. The van der Waals surface area contributed by atoms with E-state index in [9.17, 15) is 9.59 Å². The fourth-order valence-corrected chi connectivity index (χ4v) is 5.50. The van der Waals surface area contributed by atoms with Crippen LogP contribution in [0.1, 0.15) is 45.5 Å². The van der Waals surface area contributed by atoms with Gasteiger partial charge in [0, 0.05) is 53.8 Å². The second-order valence-electron chi connectivity index (χ2n) is 9.69. The van der Waals surface area contributed by atoms with E-state index < -0.39 is 0 Å². The number of ether oxygens (including phenoxy) is 1. The molecule has 2 fully saturated rings. The van der Waals surface area contributed by atoms with Crippen molar-refractivity contribution in [2.45, 2.75) is 26.2 Å². The van der Waals surface area contributed by atoms with Gasteiger partial charge in [-0.05, 0) is 56.0 Å². The lowest BCUT2D eigenvalue weighted by Crippen LogP contribution is -2.45. The number of piperidine rings is 1. The van der Waals surface area contributed by atoms with Crippen molar-refractivity contribution in [2.75, 3.05) is 44.2 Å². The fraction of sp³-hybridized carbons (Fsp3) is 0.345. The van der Waals surface area contributed by atoms with Gasteiger partial charge in [-0.3, -0.25) is 14.5 Å². The van der Waals surface area contributed by atoms with Crippen LogP contribution >= 0.6 is 0 Å². The predicted molar refractivity (Wildman–Crippen MR) is 141 cm³/mol. The molecule has 0 N–H and O–H groups in total. The molecule has 3 aliphatic heterocycles. The van der Waals surface area contributed by atoms with Gasteiger partial charge in [0.05, 0.1) is 12.2 Å². The number of aliphatic imine (C=N–C) groups is 1. The number of carbonyl (C=O) groups is 2. The molecule has 0 atom stereocenters. The number of amidine groups is 1. The maximum absolute atomic E-state index is 13.5. The van der Waals surface area contributed by atoms with Crippen LogP contribution in [0.4, 0.5) is 11.4 Å². The lowest BCUT2D eigenvalue weighted by molar-refractivity contribution is 0.0603. The van der Waals surface area contributed by atoms with Crippen molar-refractivity contribution in [3.63, 3.8) is 0 Å². The Labute approximate surface area is 211 Å². The molecule has 2 amide bonds. The first-order valence-corrected chi connectivity index (χ1v) is 12.8. The minimum absolute atomic E-state index is 0.230. The van der Waals surface area contributed by atoms with Crippen LogP contribution < -0.4 is 4.90 Å². The zero-order valence-corrected chi connectivity index (χ0v) is 20.6. The second kappa shape index (κ2) is 9.30. The third kappa shape index (κ3) is 3.88. The Morgan fingerprint density at radius 1 is 0.833 bits per heavy atom. The lowest BCUT2D eigenvalue weighted by atomic mass is 9.92. The van der Waals surface area contributed by atoms with Gasteiger partial charge in [-0.15, -0.1) is 0 Å². The van der Waals surface area contributed by atoms with Crippen LogP contribution in [0.2, 0.25) is 0 Å². The van der Waals surface area contributed by atoms with Crippen LogP contribution in [-0.2, 0) is 4.74 Å². The summed E-state index contributed by atoms with van der Waals surface area (Å²) in [4.78, 5) is 37.5. The van der Waals surface area contributed by atoms with Crippen molar-refractivity contribution in [3.05, 3.63) is 71.3 Å². The van der Waals surface area contributed by atoms with Crippen LogP contribution in [0.25, 0.3) is 10.8 Å². The number of para-hydroxylation sites is 1. The van der Waals surface area contributed by atoms with Crippen molar-refractivity contribution in [1.82, 2.24) is 9.80 Å². The summed E-state index contributed by atoms with van der Waals surface area (Å²) in [6.07, 6.45) is 3.59. The number of imide groups is 1. The van der Waals surface area contributed by atoms with Crippen LogP contribution in [-0.4, -0.2) is 67.0 Å². The number of anilines is 1. The summed E-state index contributed by atoms with van der Waals surface area (Å²) in [5.41, 5.74) is 4.25. The van der Waals surface area contributed by atoms with E-state index in [-0.39, 0.29) is 18.4 Å². The Balaban J connectivity index is 1.26. The molecule has 3 heterocycles. The van der Waals surface area contributed by atoms with Crippen molar-refractivity contribution >= 4 is 40.0 Å². The third-order valence-corrected chi connectivity index (χ3v) is 7.45.